The molecule has 1 saturated heterocycles. The van der Waals surface area contributed by atoms with Crippen LogP contribution in [0.1, 0.15) is 36.0 Å². The number of rotatable bonds is 1. The molecule has 1 aromatic carbocycles. The van der Waals surface area contributed by atoms with Crippen molar-refractivity contribution in [3.05, 3.63) is 41.0 Å². The largest absolute Gasteiger partial charge is 0.416 e. The van der Waals surface area contributed by atoms with Crippen molar-refractivity contribution < 1.29 is 13.2 Å². The summed E-state index contributed by atoms with van der Waals surface area (Å²) in [7, 11) is 2.11. The van der Waals surface area contributed by atoms with Gasteiger partial charge in [-0.2, -0.15) is 13.2 Å². The van der Waals surface area contributed by atoms with Crippen LogP contribution in [0.4, 0.5) is 13.2 Å². The van der Waals surface area contributed by atoms with E-state index in [2.05, 4.69) is 18.0 Å². The molecule has 1 fully saturated rings. The fourth-order valence-corrected chi connectivity index (χ4v) is 3.53. The SMILES string of the molecule is Cc1c(C2=CC3CCC(C2)N3C)cccc1C(F)(F)F. The summed E-state index contributed by atoms with van der Waals surface area (Å²) in [5.74, 6) is 0. The fourth-order valence-electron chi connectivity index (χ4n) is 3.53. The Morgan fingerprint density at radius 3 is 2.60 bits per heavy atom. The van der Waals surface area contributed by atoms with E-state index in [1.54, 1.807) is 6.92 Å². The highest BCUT2D eigenvalue weighted by Gasteiger charge is 2.36. The van der Waals surface area contributed by atoms with Gasteiger partial charge in [0.2, 0.25) is 0 Å². The van der Waals surface area contributed by atoms with Crippen LogP contribution in [0.5, 0.6) is 0 Å². The predicted octanol–water partition coefficient (Wildman–Crippen LogP) is 4.26. The fraction of sp³-hybridized carbons (Fsp3) is 0.500. The van der Waals surface area contributed by atoms with E-state index in [4.69, 9.17) is 0 Å². The van der Waals surface area contributed by atoms with Crippen LogP contribution < -0.4 is 0 Å². The van der Waals surface area contributed by atoms with Gasteiger partial charge < -0.3 is 0 Å². The molecule has 4 heteroatoms. The Morgan fingerprint density at radius 2 is 1.95 bits per heavy atom. The number of likely N-dealkylation sites (N-methyl/N-ethyl adjacent to an activating group) is 1. The Labute approximate surface area is 117 Å². The van der Waals surface area contributed by atoms with Crippen molar-refractivity contribution >= 4 is 5.57 Å². The first kappa shape index (κ1) is 13.7. The molecule has 0 N–H and O–H groups in total. The maximum Gasteiger partial charge on any atom is 0.416 e. The molecule has 3 rings (SSSR count). The van der Waals surface area contributed by atoms with Crippen molar-refractivity contribution in [3.8, 4) is 0 Å². The van der Waals surface area contributed by atoms with E-state index in [-0.39, 0.29) is 0 Å². The minimum absolute atomic E-state index is 0.357. The monoisotopic (exact) mass is 281 g/mol. The van der Waals surface area contributed by atoms with E-state index in [0.29, 0.717) is 17.6 Å². The van der Waals surface area contributed by atoms with Gasteiger partial charge in [-0.25, -0.2) is 0 Å². The van der Waals surface area contributed by atoms with Gasteiger partial charge in [-0.1, -0.05) is 18.2 Å². The molecule has 2 bridgehead atoms. The van der Waals surface area contributed by atoms with Crippen molar-refractivity contribution in [1.82, 2.24) is 4.90 Å². The summed E-state index contributed by atoms with van der Waals surface area (Å²) in [6, 6.07) is 5.38. The highest BCUT2D eigenvalue weighted by Crippen LogP contribution is 2.40. The van der Waals surface area contributed by atoms with Crippen LogP contribution in [0, 0.1) is 6.92 Å². The van der Waals surface area contributed by atoms with Crippen LogP contribution in [-0.4, -0.2) is 24.0 Å². The first-order valence-electron chi connectivity index (χ1n) is 6.97. The summed E-state index contributed by atoms with van der Waals surface area (Å²) in [6.07, 6.45) is 0.994. The zero-order chi connectivity index (χ0) is 14.5. The van der Waals surface area contributed by atoms with Crippen molar-refractivity contribution in [2.75, 3.05) is 7.05 Å². The Balaban J connectivity index is 2.02. The van der Waals surface area contributed by atoms with Gasteiger partial charge in [0.05, 0.1) is 5.56 Å². The number of nitrogens with zero attached hydrogens (tertiary/aromatic N) is 1. The van der Waals surface area contributed by atoms with Crippen LogP contribution in [-0.2, 0) is 6.18 Å². The van der Waals surface area contributed by atoms with Crippen molar-refractivity contribution in [3.63, 3.8) is 0 Å². The Kier molecular flexibility index (Phi) is 3.16. The predicted molar refractivity (Wildman–Crippen MR) is 73.3 cm³/mol. The molecule has 2 aliphatic rings. The van der Waals surface area contributed by atoms with E-state index in [0.717, 1.165) is 30.4 Å². The van der Waals surface area contributed by atoms with E-state index in [9.17, 15) is 13.2 Å². The summed E-state index contributed by atoms with van der Waals surface area (Å²) < 4.78 is 39.0. The molecule has 0 amide bonds. The lowest BCUT2D eigenvalue weighted by Crippen LogP contribution is -2.34. The molecule has 2 unspecified atom stereocenters. The average Bonchev–Trinajstić information content (AvgIpc) is 2.61. The van der Waals surface area contributed by atoms with Gasteiger partial charge in [-0.05, 0) is 56.0 Å². The van der Waals surface area contributed by atoms with Crippen molar-refractivity contribution in [1.29, 1.82) is 0 Å². The summed E-state index contributed by atoms with van der Waals surface area (Å²) >= 11 is 0. The second-order valence-electron chi connectivity index (χ2n) is 5.84. The van der Waals surface area contributed by atoms with Gasteiger partial charge in [0.1, 0.15) is 0 Å². The molecule has 0 aromatic heterocycles. The third-order valence-corrected chi connectivity index (χ3v) is 4.73. The van der Waals surface area contributed by atoms with Crippen LogP contribution in [0.25, 0.3) is 5.57 Å². The van der Waals surface area contributed by atoms with Gasteiger partial charge in [-0.3, -0.25) is 4.90 Å². The van der Waals surface area contributed by atoms with Gasteiger partial charge in [0.25, 0.3) is 0 Å². The van der Waals surface area contributed by atoms with Crippen molar-refractivity contribution in [2.24, 2.45) is 0 Å². The molecule has 20 heavy (non-hydrogen) atoms. The normalized spacial score (nSPS) is 26.8. The second kappa shape index (κ2) is 4.62. The first-order valence-corrected chi connectivity index (χ1v) is 6.97. The quantitative estimate of drug-likeness (QED) is 0.743. The number of benzene rings is 1. The second-order valence-corrected chi connectivity index (χ2v) is 5.84. The van der Waals surface area contributed by atoms with Gasteiger partial charge >= 0.3 is 6.18 Å². The topological polar surface area (TPSA) is 3.24 Å². The van der Waals surface area contributed by atoms with E-state index >= 15 is 0 Å². The summed E-state index contributed by atoms with van der Waals surface area (Å²) in [6.45, 7) is 1.58. The van der Waals surface area contributed by atoms with Crippen LogP contribution in [0.3, 0.4) is 0 Å². The van der Waals surface area contributed by atoms with Gasteiger partial charge in [0, 0.05) is 12.1 Å². The Hall–Kier alpha value is -1.29. The number of alkyl halides is 3. The lowest BCUT2D eigenvalue weighted by molar-refractivity contribution is -0.138. The van der Waals surface area contributed by atoms with Crippen molar-refractivity contribution in [2.45, 2.75) is 44.4 Å². The van der Waals surface area contributed by atoms with Gasteiger partial charge in [0.15, 0.2) is 0 Å². The average molecular weight is 281 g/mol. The molecule has 1 aromatic rings. The highest BCUT2D eigenvalue weighted by molar-refractivity contribution is 5.71. The molecule has 1 nitrogen and oxygen atoms in total. The number of fused-ring (bicyclic) bond motifs is 2. The molecule has 108 valence electrons. The molecule has 2 atom stereocenters. The zero-order valence-corrected chi connectivity index (χ0v) is 11.7. The van der Waals surface area contributed by atoms with E-state index < -0.39 is 11.7 Å². The molecule has 0 radical (unpaired) electrons. The highest BCUT2D eigenvalue weighted by atomic mass is 19.4. The molecule has 0 aliphatic carbocycles. The van der Waals surface area contributed by atoms with Crippen LogP contribution in [0.15, 0.2) is 24.3 Å². The van der Waals surface area contributed by atoms with E-state index in [1.165, 1.54) is 12.1 Å². The first-order chi connectivity index (χ1) is 9.38. The molecule has 2 heterocycles. The Bertz CT molecular complexity index is 559. The number of halogens is 3. The zero-order valence-electron chi connectivity index (χ0n) is 11.7. The smallest absolute Gasteiger partial charge is 0.297 e. The molecule has 2 aliphatic heterocycles. The lowest BCUT2D eigenvalue weighted by atomic mass is 9.90. The molecular weight excluding hydrogens is 263 g/mol. The molecule has 0 spiro atoms. The molecule has 0 saturated carbocycles. The number of hydrogen-bond donors (Lipinski definition) is 0. The maximum atomic E-state index is 13.0. The lowest BCUT2D eigenvalue weighted by Gasteiger charge is -2.31. The Morgan fingerprint density at radius 1 is 1.20 bits per heavy atom. The standard InChI is InChI=1S/C16H18F3N/c1-10-14(4-3-5-15(10)16(17,18)19)11-8-12-6-7-13(9-11)20(12)2/h3-5,8,12-13H,6-7,9H2,1-2H3. The minimum Gasteiger partial charge on any atom is -0.297 e. The van der Waals surface area contributed by atoms with Gasteiger partial charge in [-0.15, -0.1) is 0 Å². The van der Waals surface area contributed by atoms with Crippen LogP contribution >= 0.6 is 0 Å². The third-order valence-electron chi connectivity index (χ3n) is 4.73. The third kappa shape index (κ3) is 2.16. The summed E-state index contributed by atoms with van der Waals surface area (Å²) in [4.78, 5) is 2.34. The number of hydrogen-bond acceptors (Lipinski definition) is 1. The maximum absolute atomic E-state index is 13.0. The van der Waals surface area contributed by atoms with Crippen LogP contribution in [0.2, 0.25) is 0 Å². The van der Waals surface area contributed by atoms with E-state index in [1.807, 2.05) is 6.07 Å². The summed E-state index contributed by atoms with van der Waals surface area (Å²) in [5, 5.41) is 0. The molecular formula is C16H18F3N. The minimum atomic E-state index is -4.27. The summed E-state index contributed by atoms with van der Waals surface area (Å²) in [5.41, 5.74) is 1.70.